The molecule has 6 atom stereocenters. The number of nitrogens with zero attached hydrogens (tertiary/aromatic N) is 2. The van der Waals surface area contributed by atoms with Gasteiger partial charge in [-0.25, -0.2) is 0 Å². The van der Waals surface area contributed by atoms with Crippen LogP contribution >= 0.6 is 0 Å². The summed E-state index contributed by atoms with van der Waals surface area (Å²) in [6.45, 7) is 7.51. The summed E-state index contributed by atoms with van der Waals surface area (Å²) in [7, 11) is 0. The van der Waals surface area contributed by atoms with Gasteiger partial charge in [0.1, 0.15) is 0 Å². The average Bonchev–Trinajstić information content (AvgIpc) is 2.96. The monoisotopic (exact) mass is 312 g/mol. The van der Waals surface area contributed by atoms with Crippen molar-refractivity contribution in [1.29, 1.82) is 0 Å². The lowest BCUT2D eigenvalue weighted by molar-refractivity contribution is -0.158. The van der Waals surface area contributed by atoms with E-state index >= 15 is 0 Å². The van der Waals surface area contributed by atoms with Crippen molar-refractivity contribution in [3.05, 3.63) is 22.9 Å². The van der Waals surface area contributed by atoms with E-state index in [9.17, 15) is 4.79 Å². The Kier molecular flexibility index (Phi) is 2.25. The molecule has 4 fully saturated rings. The van der Waals surface area contributed by atoms with E-state index in [1.54, 1.807) is 5.57 Å². The summed E-state index contributed by atoms with van der Waals surface area (Å²) < 4.78 is 6.20. The second-order valence-corrected chi connectivity index (χ2v) is 8.47. The van der Waals surface area contributed by atoms with E-state index in [4.69, 9.17) is 4.74 Å². The van der Waals surface area contributed by atoms with Gasteiger partial charge in [0.25, 0.3) is 0 Å². The van der Waals surface area contributed by atoms with Crippen LogP contribution in [-0.2, 0) is 9.53 Å². The van der Waals surface area contributed by atoms with Gasteiger partial charge in [0.15, 0.2) is 0 Å². The Morgan fingerprint density at radius 1 is 1.35 bits per heavy atom. The predicted molar refractivity (Wildman–Crippen MR) is 85.5 cm³/mol. The summed E-state index contributed by atoms with van der Waals surface area (Å²) in [5, 5.41) is 0. The van der Waals surface area contributed by atoms with Crippen molar-refractivity contribution in [2.24, 2.45) is 17.3 Å². The molecule has 1 spiro atoms. The fraction of sp³-hybridized carbons (Fsp3) is 0.737. The number of hydrogen-bond acceptors (Lipinski definition) is 3. The Morgan fingerprint density at radius 2 is 2.22 bits per heavy atom. The van der Waals surface area contributed by atoms with Gasteiger partial charge in [-0.1, -0.05) is 11.6 Å². The third-order valence-corrected chi connectivity index (χ3v) is 8.15. The van der Waals surface area contributed by atoms with Crippen molar-refractivity contribution >= 4 is 5.91 Å². The molecule has 4 nitrogen and oxygen atoms in total. The standard InChI is InChI=1S/C19H24N2O2/c1-10-11(2)21-16(22)8-14-17-13-7-15-19(10,18(17)21)4-5-20(15)9-12(13)3-6-23-14/h3,13-15,17-18H,4-9H2,1-2H3. The molecule has 0 aromatic rings. The van der Waals surface area contributed by atoms with Crippen LogP contribution in [0.4, 0.5) is 0 Å². The Hall–Kier alpha value is -1.13. The van der Waals surface area contributed by atoms with Gasteiger partial charge in [-0.2, -0.15) is 0 Å². The predicted octanol–water partition coefficient (Wildman–Crippen LogP) is 1.93. The SMILES string of the molecule is CC1=C(C)C23CCN4CC5=CCOC6CC(=O)N1C2C6C5CC43. The van der Waals surface area contributed by atoms with Gasteiger partial charge in [0.05, 0.1) is 25.2 Å². The molecule has 23 heavy (non-hydrogen) atoms. The molecule has 0 radical (unpaired) electrons. The normalized spacial score (nSPS) is 50.3. The van der Waals surface area contributed by atoms with Crippen molar-refractivity contribution in [2.45, 2.75) is 51.3 Å². The minimum Gasteiger partial charge on any atom is -0.373 e. The van der Waals surface area contributed by atoms with Gasteiger partial charge in [0, 0.05) is 29.6 Å². The molecular weight excluding hydrogens is 288 g/mol. The van der Waals surface area contributed by atoms with Crippen LogP contribution in [0.1, 0.15) is 33.1 Å². The Morgan fingerprint density at radius 3 is 3.09 bits per heavy atom. The molecule has 122 valence electrons. The summed E-state index contributed by atoms with van der Waals surface area (Å²) in [6.07, 6.45) is 5.54. The molecule has 4 heteroatoms. The molecule has 0 aromatic heterocycles. The number of rotatable bonds is 0. The Labute approximate surface area is 137 Å². The van der Waals surface area contributed by atoms with E-state index in [1.807, 2.05) is 0 Å². The van der Waals surface area contributed by atoms with Crippen LogP contribution in [0.3, 0.4) is 0 Å². The van der Waals surface area contributed by atoms with Crippen molar-refractivity contribution < 1.29 is 9.53 Å². The van der Waals surface area contributed by atoms with E-state index in [2.05, 4.69) is 29.7 Å². The molecule has 3 saturated heterocycles. The van der Waals surface area contributed by atoms with Crippen LogP contribution in [-0.4, -0.2) is 53.6 Å². The van der Waals surface area contributed by atoms with E-state index in [0.717, 1.165) is 6.54 Å². The first-order valence-electron chi connectivity index (χ1n) is 9.17. The van der Waals surface area contributed by atoms with Crippen LogP contribution in [0.2, 0.25) is 0 Å². The molecule has 6 unspecified atom stereocenters. The zero-order valence-corrected chi connectivity index (χ0v) is 13.9. The van der Waals surface area contributed by atoms with Gasteiger partial charge in [-0.3, -0.25) is 9.69 Å². The van der Waals surface area contributed by atoms with Crippen molar-refractivity contribution in [1.82, 2.24) is 9.80 Å². The lowest BCUT2D eigenvalue weighted by Gasteiger charge is -2.59. The summed E-state index contributed by atoms with van der Waals surface area (Å²) in [5.74, 6) is 1.44. The van der Waals surface area contributed by atoms with E-state index < -0.39 is 0 Å². The van der Waals surface area contributed by atoms with Crippen LogP contribution in [0.5, 0.6) is 0 Å². The maximum atomic E-state index is 12.9. The van der Waals surface area contributed by atoms with E-state index in [0.29, 0.717) is 42.9 Å². The highest BCUT2D eigenvalue weighted by Gasteiger charge is 2.70. The van der Waals surface area contributed by atoms with Crippen LogP contribution in [0.15, 0.2) is 22.9 Å². The molecule has 5 heterocycles. The lowest BCUT2D eigenvalue weighted by atomic mass is 9.53. The Bertz CT molecular complexity index is 695. The molecule has 1 amide bonds. The van der Waals surface area contributed by atoms with Gasteiger partial charge in [0.2, 0.25) is 5.91 Å². The highest BCUT2D eigenvalue weighted by molar-refractivity contribution is 5.82. The molecule has 2 bridgehead atoms. The number of carbonyl (C=O) groups is 1. The fourth-order valence-corrected chi connectivity index (χ4v) is 7.25. The molecule has 6 aliphatic rings. The molecule has 0 aromatic carbocycles. The average molecular weight is 312 g/mol. The number of piperidine rings is 2. The van der Waals surface area contributed by atoms with Gasteiger partial charge in [-0.15, -0.1) is 0 Å². The topological polar surface area (TPSA) is 32.8 Å². The number of carbonyl (C=O) groups excluding carboxylic acids is 1. The highest BCUT2D eigenvalue weighted by Crippen LogP contribution is 2.66. The Balaban J connectivity index is 1.63. The van der Waals surface area contributed by atoms with Crippen molar-refractivity contribution in [3.63, 3.8) is 0 Å². The van der Waals surface area contributed by atoms with Gasteiger partial charge in [-0.05, 0) is 44.7 Å². The molecule has 0 N–H and O–H groups in total. The maximum absolute atomic E-state index is 12.9. The zero-order chi connectivity index (χ0) is 15.5. The quantitative estimate of drug-likeness (QED) is 0.641. The van der Waals surface area contributed by atoms with Crippen LogP contribution in [0, 0.1) is 17.3 Å². The van der Waals surface area contributed by atoms with Gasteiger partial charge >= 0.3 is 0 Å². The third kappa shape index (κ3) is 1.26. The second kappa shape index (κ2) is 3.92. The first-order valence-corrected chi connectivity index (χ1v) is 9.17. The van der Waals surface area contributed by atoms with E-state index in [-0.39, 0.29) is 11.5 Å². The first-order chi connectivity index (χ1) is 11.1. The fourth-order valence-electron chi connectivity index (χ4n) is 7.25. The molecule has 5 aliphatic heterocycles. The van der Waals surface area contributed by atoms with E-state index in [1.165, 1.54) is 30.7 Å². The molecule has 1 saturated carbocycles. The summed E-state index contributed by atoms with van der Waals surface area (Å²) in [6, 6.07) is 0.986. The smallest absolute Gasteiger partial charge is 0.229 e. The van der Waals surface area contributed by atoms with Gasteiger partial charge < -0.3 is 9.64 Å². The second-order valence-electron chi connectivity index (χ2n) is 8.47. The third-order valence-electron chi connectivity index (χ3n) is 8.15. The molecule has 1 aliphatic carbocycles. The number of ether oxygens (including phenoxy) is 1. The summed E-state index contributed by atoms with van der Waals surface area (Å²) >= 11 is 0. The maximum Gasteiger partial charge on any atom is 0.229 e. The van der Waals surface area contributed by atoms with Crippen molar-refractivity contribution in [3.8, 4) is 0 Å². The number of hydrogen-bond donors (Lipinski definition) is 0. The minimum atomic E-state index is 0.131. The molecular formula is C19H24N2O2. The molecule has 6 rings (SSSR count). The summed E-state index contributed by atoms with van der Waals surface area (Å²) in [5.41, 5.74) is 4.56. The first kappa shape index (κ1) is 13.2. The minimum absolute atomic E-state index is 0.131. The highest BCUT2D eigenvalue weighted by atomic mass is 16.5. The van der Waals surface area contributed by atoms with Crippen LogP contribution in [0.25, 0.3) is 0 Å². The van der Waals surface area contributed by atoms with Crippen molar-refractivity contribution in [2.75, 3.05) is 19.7 Å². The van der Waals surface area contributed by atoms with Crippen LogP contribution < -0.4 is 0 Å². The largest absolute Gasteiger partial charge is 0.373 e. The zero-order valence-electron chi connectivity index (χ0n) is 13.9. The number of amides is 1. The number of allylic oxidation sites excluding steroid dienone is 1. The lowest BCUT2D eigenvalue weighted by Crippen LogP contribution is -2.67. The summed E-state index contributed by atoms with van der Waals surface area (Å²) in [4.78, 5) is 17.8.